The standard InChI is InChI=1S/C29H58O6P2S3/c1-25(2)16-10-7-13-19-31-29(30)24-39-36-32-22-28(35-36)23-40-37(38,33-20-14-8-11-17-26(3)4)34-21-15-9-12-18-27(5)6/h25-28H,7-24H2,1-6H3. The van der Waals surface area contributed by atoms with Crippen LogP contribution in [0.5, 0.6) is 0 Å². The average molecular weight is 661 g/mol. The smallest absolute Gasteiger partial charge is 0.316 e. The van der Waals surface area contributed by atoms with Crippen molar-refractivity contribution in [3.05, 3.63) is 0 Å². The van der Waals surface area contributed by atoms with Gasteiger partial charge in [-0.15, -0.1) is 0 Å². The van der Waals surface area contributed by atoms with Crippen molar-refractivity contribution in [2.24, 2.45) is 17.8 Å². The molecule has 1 aliphatic heterocycles. The molecule has 11 heteroatoms. The Morgan fingerprint density at radius 2 is 1.32 bits per heavy atom. The van der Waals surface area contributed by atoms with E-state index in [0.29, 0.717) is 32.2 Å². The van der Waals surface area contributed by atoms with E-state index in [1.165, 1.54) is 49.9 Å². The molecule has 1 saturated heterocycles. The van der Waals surface area contributed by atoms with Crippen LogP contribution >= 0.6 is 36.0 Å². The predicted molar refractivity (Wildman–Crippen MR) is 180 cm³/mol. The number of rotatable bonds is 26. The molecule has 0 radical (unpaired) electrons. The summed E-state index contributed by atoms with van der Waals surface area (Å²) in [7, 11) is -1.14. The van der Waals surface area contributed by atoms with E-state index in [1.54, 1.807) is 11.4 Å². The second kappa shape index (κ2) is 24.4. The summed E-state index contributed by atoms with van der Waals surface area (Å²) in [5.41, 5.74) is -2.44. The average Bonchev–Trinajstić information content (AvgIpc) is 3.35. The van der Waals surface area contributed by atoms with Gasteiger partial charge in [0.1, 0.15) is 0 Å². The number of carbonyl (C=O) groups excluding carboxylic acids is 1. The van der Waals surface area contributed by atoms with Gasteiger partial charge in [0.15, 0.2) is 0 Å². The van der Waals surface area contributed by atoms with Crippen molar-refractivity contribution in [1.82, 2.24) is 0 Å². The Kier molecular flexibility index (Phi) is 23.9. The minimum Gasteiger partial charge on any atom is -0.465 e. The zero-order chi connectivity index (χ0) is 29.6. The Balaban J connectivity index is 2.33. The summed E-state index contributed by atoms with van der Waals surface area (Å²) < 4.78 is 29.7. The highest BCUT2D eigenvalue weighted by Crippen LogP contribution is 2.63. The highest BCUT2D eigenvalue weighted by atomic mass is 32.9. The molecule has 0 aliphatic carbocycles. The molecule has 0 spiro atoms. The van der Waals surface area contributed by atoms with Crippen LogP contribution in [0.1, 0.15) is 119 Å². The van der Waals surface area contributed by atoms with Gasteiger partial charge >= 0.3 is 5.97 Å². The lowest BCUT2D eigenvalue weighted by Gasteiger charge is -2.23. The summed E-state index contributed by atoms with van der Waals surface area (Å²) in [6.07, 6.45) is 13.7. The van der Waals surface area contributed by atoms with Gasteiger partial charge in [0.2, 0.25) is 13.3 Å². The number of esters is 1. The predicted octanol–water partition coefficient (Wildman–Crippen LogP) is 10.5. The summed E-state index contributed by atoms with van der Waals surface area (Å²) in [6.45, 7) is 15.9. The molecule has 0 amide bonds. The number of carbonyl (C=O) groups is 1. The first-order valence-corrected chi connectivity index (χ1v) is 22.5. The molecule has 1 heterocycles. The SMILES string of the molecule is CC(C)CCCCCOC(=O)CSP1OCC(CSP(=S)(OCCCCCC(C)C)OCCCCCC(C)C)O1. The molecule has 0 aromatic carbocycles. The zero-order valence-corrected chi connectivity index (χ0v) is 30.3. The first-order chi connectivity index (χ1) is 19.1. The molecule has 6 nitrogen and oxygen atoms in total. The lowest BCUT2D eigenvalue weighted by molar-refractivity contribution is -0.140. The minimum absolute atomic E-state index is 0.0628. The van der Waals surface area contributed by atoms with E-state index in [9.17, 15) is 4.79 Å². The fourth-order valence-corrected chi connectivity index (χ4v) is 11.2. The third kappa shape index (κ3) is 22.6. The van der Waals surface area contributed by atoms with Gasteiger partial charge < -0.3 is 22.8 Å². The zero-order valence-electron chi connectivity index (χ0n) is 26.1. The monoisotopic (exact) mass is 660 g/mol. The van der Waals surface area contributed by atoms with E-state index in [2.05, 4.69) is 41.5 Å². The van der Waals surface area contributed by atoms with Gasteiger partial charge in [-0.25, -0.2) is 0 Å². The van der Waals surface area contributed by atoms with Crippen LogP contribution in [0.3, 0.4) is 0 Å². The molecule has 1 fully saturated rings. The normalized spacial score (nSPS) is 17.9. The van der Waals surface area contributed by atoms with Crippen molar-refractivity contribution in [2.75, 3.05) is 37.9 Å². The Bertz CT molecular complexity index is 660. The van der Waals surface area contributed by atoms with Crippen LogP contribution in [0.25, 0.3) is 0 Å². The van der Waals surface area contributed by atoms with E-state index < -0.39 is 13.3 Å². The quantitative estimate of drug-likeness (QED) is 0.0512. The topological polar surface area (TPSA) is 63.2 Å². The van der Waals surface area contributed by atoms with Gasteiger partial charge in [-0.05, 0) is 48.8 Å². The third-order valence-corrected chi connectivity index (χ3v) is 14.8. The molecule has 0 aromatic heterocycles. The lowest BCUT2D eigenvalue weighted by atomic mass is 10.1. The molecule has 238 valence electrons. The van der Waals surface area contributed by atoms with Crippen molar-refractivity contribution < 1.29 is 27.6 Å². The van der Waals surface area contributed by atoms with Crippen LogP contribution in [-0.2, 0) is 39.4 Å². The minimum atomic E-state index is -2.44. The maximum Gasteiger partial charge on any atom is 0.316 e. The largest absolute Gasteiger partial charge is 0.465 e. The molecule has 40 heavy (non-hydrogen) atoms. The number of hydrogen-bond acceptors (Lipinski definition) is 9. The first-order valence-electron chi connectivity index (χ1n) is 15.5. The van der Waals surface area contributed by atoms with Crippen molar-refractivity contribution in [2.45, 2.75) is 125 Å². The van der Waals surface area contributed by atoms with Crippen LogP contribution in [0.4, 0.5) is 0 Å². The third-order valence-electron chi connectivity index (χ3n) is 6.35. The van der Waals surface area contributed by atoms with Gasteiger partial charge in [0, 0.05) is 5.75 Å². The molecule has 0 aromatic rings. The van der Waals surface area contributed by atoms with Crippen molar-refractivity contribution in [3.63, 3.8) is 0 Å². The molecule has 1 aliphatic rings. The van der Waals surface area contributed by atoms with Crippen LogP contribution in [-0.4, -0.2) is 50.0 Å². The first kappa shape index (κ1) is 39.1. The summed E-state index contributed by atoms with van der Waals surface area (Å²) in [4.78, 5) is 12.1. The molecule has 0 N–H and O–H groups in total. The summed E-state index contributed by atoms with van der Waals surface area (Å²) in [6, 6.07) is 0. The summed E-state index contributed by atoms with van der Waals surface area (Å²) >= 11 is 8.94. The van der Waals surface area contributed by atoms with E-state index in [-0.39, 0.29) is 17.8 Å². The molecule has 0 saturated carbocycles. The molecular formula is C29H58O6P2S3. The van der Waals surface area contributed by atoms with Gasteiger partial charge in [0.25, 0.3) is 0 Å². The van der Waals surface area contributed by atoms with E-state index in [1.807, 2.05) is 0 Å². The van der Waals surface area contributed by atoms with Crippen LogP contribution in [0.15, 0.2) is 0 Å². The highest BCUT2D eigenvalue weighted by molar-refractivity contribution is 8.67. The Labute approximate surface area is 260 Å². The van der Waals surface area contributed by atoms with Gasteiger partial charge in [-0.1, -0.05) is 122 Å². The van der Waals surface area contributed by atoms with Crippen LogP contribution in [0.2, 0.25) is 0 Å². The van der Waals surface area contributed by atoms with Gasteiger partial charge in [0.05, 0.1) is 38.3 Å². The molecule has 2 atom stereocenters. The highest BCUT2D eigenvalue weighted by Gasteiger charge is 2.31. The molecule has 1 rings (SSSR count). The Morgan fingerprint density at radius 3 is 1.82 bits per heavy atom. The van der Waals surface area contributed by atoms with Crippen LogP contribution < -0.4 is 0 Å². The fraction of sp³-hybridized carbons (Fsp3) is 0.966. The Morgan fingerprint density at radius 1 is 0.825 bits per heavy atom. The van der Waals surface area contributed by atoms with Crippen molar-refractivity contribution in [3.8, 4) is 0 Å². The summed E-state index contributed by atoms with van der Waals surface area (Å²) in [5.74, 6) is 2.96. The van der Waals surface area contributed by atoms with Gasteiger partial charge in [-0.2, -0.15) is 0 Å². The fourth-order valence-electron chi connectivity index (χ4n) is 3.94. The Hall–Kier alpha value is 1.09. The van der Waals surface area contributed by atoms with Crippen LogP contribution in [0, 0.1) is 17.8 Å². The van der Waals surface area contributed by atoms with E-state index >= 15 is 0 Å². The van der Waals surface area contributed by atoms with Crippen molar-refractivity contribution in [1.29, 1.82) is 0 Å². The number of unbranched alkanes of at least 4 members (excludes halogenated alkanes) is 6. The van der Waals surface area contributed by atoms with Crippen molar-refractivity contribution >= 4 is 53.8 Å². The molecular weight excluding hydrogens is 602 g/mol. The number of ether oxygens (including phenoxy) is 1. The van der Waals surface area contributed by atoms with Gasteiger partial charge in [-0.3, -0.25) is 4.79 Å². The maximum absolute atomic E-state index is 12.1. The van der Waals surface area contributed by atoms with E-state index in [4.69, 9.17) is 34.6 Å². The summed E-state index contributed by atoms with van der Waals surface area (Å²) in [5, 5.41) is 0. The number of hydrogen-bond donors (Lipinski definition) is 0. The molecule has 0 bridgehead atoms. The second-order valence-corrected chi connectivity index (χ2v) is 21.4. The second-order valence-electron chi connectivity index (χ2n) is 11.9. The molecule has 2 unspecified atom stereocenters. The maximum atomic E-state index is 12.1. The lowest BCUT2D eigenvalue weighted by Crippen LogP contribution is -2.12. The van der Waals surface area contributed by atoms with E-state index in [0.717, 1.165) is 56.3 Å².